The van der Waals surface area contributed by atoms with Gasteiger partial charge in [0.05, 0.1) is 0 Å². The molecule has 0 aliphatic heterocycles. The Morgan fingerprint density at radius 3 is 1.75 bits per heavy atom. The molecule has 3 N–H and O–H groups in total. The molecule has 106 valence electrons. The minimum atomic E-state index is -2.17. The molecule has 0 aromatic heterocycles. The molecule has 0 saturated carbocycles. The van der Waals surface area contributed by atoms with Gasteiger partial charge in [-0.25, -0.2) is 17.6 Å². The predicted octanol–water partition coefficient (Wildman–Crippen LogP) is 1.86. The maximum atomic E-state index is 13.3. The quantitative estimate of drug-likeness (QED) is 0.325. The van der Waals surface area contributed by atoms with Crippen molar-refractivity contribution in [1.29, 1.82) is 0 Å². The first-order chi connectivity index (χ1) is 9.34. The van der Waals surface area contributed by atoms with Gasteiger partial charge in [0.25, 0.3) is 0 Å². The van der Waals surface area contributed by atoms with Crippen molar-refractivity contribution in [2.24, 2.45) is 0 Å². The van der Waals surface area contributed by atoms with Gasteiger partial charge in [0.2, 0.25) is 0 Å². The lowest BCUT2D eigenvalue weighted by atomic mass is 10.0. The lowest BCUT2D eigenvalue weighted by molar-refractivity contribution is 0.278. The number of benzene rings is 2. The van der Waals surface area contributed by atoms with Crippen LogP contribution in [0.5, 0.6) is 0 Å². The van der Waals surface area contributed by atoms with Crippen molar-refractivity contribution < 1.29 is 32.6 Å². The van der Waals surface area contributed by atoms with E-state index in [9.17, 15) is 17.6 Å². The molecule has 0 aliphatic rings. The second-order valence-electron chi connectivity index (χ2n) is 3.56. The van der Waals surface area contributed by atoms with Crippen LogP contribution >= 0.6 is 0 Å². The Morgan fingerprint density at radius 1 is 0.750 bits per heavy atom. The molecule has 0 heterocycles. The first-order valence-corrected chi connectivity index (χ1v) is 5.27. The molecule has 3 nitrogen and oxygen atoms in total. The highest BCUT2D eigenvalue weighted by Crippen LogP contribution is 2.27. The van der Waals surface area contributed by atoms with E-state index in [1.165, 1.54) is 12.1 Å². The summed E-state index contributed by atoms with van der Waals surface area (Å²) in [5.74, 6) is -6.38. The third kappa shape index (κ3) is 4.05. The Kier molecular flexibility index (Phi) is 5.69. The molecule has 0 amide bonds. The van der Waals surface area contributed by atoms with E-state index < -0.39 is 30.6 Å². The molecule has 0 saturated heterocycles. The molecule has 0 fully saturated rings. The van der Waals surface area contributed by atoms with Crippen molar-refractivity contribution in [3.63, 3.8) is 0 Å². The van der Waals surface area contributed by atoms with E-state index in [-0.39, 0.29) is 11.1 Å². The monoisotopic (exact) mass is 288 g/mol. The van der Waals surface area contributed by atoms with Crippen molar-refractivity contribution in [3.05, 3.63) is 59.7 Å². The van der Waals surface area contributed by atoms with Crippen molar-refractivity contribution in [2.45, 2.75) is 0 Å². The lowest BCUT2D eigenvalue weighted by Crippen LogP contribution is -2.07. The largest absolute Gasteiger partial charge is 0.631 e. The average Bonchev–Trinajstić information content (AvgIpc) is 2.41. The molecule has 2 rings (SSSR count). The summed E-state index contributed by atoms with van der Waals surface area (Å²) in [6.45, 7) is 0. The van der Waals surface area contributed by atoms with E-state index in [2.05, 4.69) is 0 Å². The zero-order chi connectivity index (χ0) is 15.3. The molecule has 2 aromatic rings. The fourth-order valence-electron chi connectivity index (χ4n) is 1.40. The molecular weight excluding hydrogens is 279 g/mol. The zero-order valence-corrected chi connectivity index (χ0v) is 9.89. The Morgan fingerprint density at radius 2 is 1.25 bits per heavy atom. The van der Waals surface area contributed by atoms with Crippen molar-refractivity contribution >= 4 is 7.32 Å². The van der Waals surface area contributed by atoms with Gasteiger partial charge in [-0.3, -0.25) is 0 Å². The van der Waals surface area contributed by atoms with E-state index in [0.717, 1.165) is 0 Å². The van der Waals surface area contributed by atoms with Crippen LogP contribution in [0.25, 0.3) is 11.1 Å². The van der Waals surface area contributed by atoms with Crippen LogP contribution in [0.15, 0.2) is 36.4 Å². The summed E-state index contributed by atoms with van der Waals surface area (Å²) in [5.41, 5.74) is -0.00481. The summed E-state index contributed by atoms with van der Waals surface area (Å²) < 4.78 is 51.9. The molecule has 0 atom stereocenters. The van der Waals surface area contributed by atoms with Crippen LogP contribution in [0.1, 0.15) is 0 Å². The van der Waals surface area contributed by atoms with Gasteiger partial charge >= 0.3 is 7.32 Å². The molecule has 0 unspecified atom stereocenters. The molecule has 20 heavy (non-hydrogen) atoms. The standard InChI is InChI=1S/C12H6F4.BH3O3/c13-9-6-8(7-4-2-1-3-5-7)10(14)12(16)11(9)15;2-1(3)4/h1-6H;2-4H. The highest BCUT2D eigenvalue weighted by atomic mass is 19.2. The summed E-state index contributed by atoms with van der Waals surface area (Å²) in [6, 6.07) is 8.47. The van der Waals surface area contributed by atoms with E-state index in [1.807, 2.05) is 0 Å². The second kappa shape index (κ2) is 7.04. The normalized spacial score (nSPS) is 9.75. The lowest BCUT2D eigenvalue weighted by Gasteiger charge is -2.05. The summed E-state index contributed by atoms with van der Waals surface area (Å²) in [7, 11) is -2.17. The van der Waals surface area contributed by atoms with Crippen LogP contribution in [0.2, 0.25) is 0 Å². The van der Waals surface area contributed by atoms with Crippen LogP contribution in [-0.4, -0.2) is 22.4 Å². The summed E-state index contributed by atoms with van der Waals surface area (Å²) in [5, 5.41) is 21.5. The van der Waals surface area contributed by atoms with Gasteiger partial charge in [0, 0.05) is 5.56 Å². The van der Waals surface area contributed by atoms with E-state index in [4.69, 9.17) is 15.1 Å². The Labute approximate surface area is 111 Å². The fraction of sp³-hybridized carbons (Fsp3) is 0. The fourth-order valence-corrected chi connectivity index (χ4v) is 1.40. The van der Waals surface area contributed by atoms with Crippen molar-refractivity contribution in [3.8, 4) is 11.1 Å². The number of hydrogen-bond acceptors (Lipinski definition) is 3. The molecule has 2 aromatic carbocycles. The van der Waals surface area contributed by atoms with Gasteiger partial charge in [0.1, 0.15) is 0 Å². The van der Waals surface area contributed by atoms with Gasteiger partial charge in [-0.05, 0) is 11.6 Å². The van der Waals surface area contributed by atoms with Gasteiger partial charge in [-0.2, -0.15) is 0 Å². The van der Waals surface area contributed by atoms with Gasteiger partial charge in [0.15, 0.2) is 23.3 Å². The topological polar surface area (TPSA) is 60.7 Å². The van der Waals surface area contributed by atoms with Gasteiger partial charge in [-0.15, -0.1) is 0 Å². The maximum absolute atomic E-state index is 13.3. The highest BCUT2D eigenvalue weighted by Gasteiger charge is 2.19. The smallest absolute Gasteiger partial charge is 0.402 e. The van der Waals surface area contributed by atoms with Crippen molar-refractivity contribution in [1.82, 2.24) is 0 Å². The zero-order valence-electron chi connectivity index (χ0n) is 9.89. The summed E-state index contributed by atoms with van der Waals surface area (Å²) >= 11 is 0. The number of hydrogen-bond donors (Lipinski definition) is 3. The molecule has 8 heteroatoms. The van der Waals surface area contributed by atoms with Crippen LogP contribution < -0.4 is 0 Å². The van der Waals surface area contributed by atoms with Crippen LogP contribution in [0.4, 0.5) is 17.6 Å². The molecule has 0 bridgehead atoms. The summed E-state index contributed by atoms with van der Waals surface area (Å²) in [6.07, 6.45) is 0. The first-order valence-electron chi connectivity index (χ1n) is 5.27. The molecule has 0 spiro atoms. The Balaban J connectivity index is 0.000000444. The predicted molar refractivity (Wildman–Crippen MR) is 64.1 cm³/mol. The Bertz CT molecular complexity index is 576. The van der Waals surface area contributed by atoms with E-state index in [0.29, 0.717) is 6.07 Å². The summed E-state index contributed by atoms with van der Waals surface area (Å²) in [4.78, 5) is 0. The maximum Gasteiger partial charge on any atom is 0.631 e. The number of halogens is 4. The van der Waals surface area contributed by atoms with Crippen LogP contribution in [-0.2, 0) is 0 Å². The molecule has 0 aliphatic carbocycles. The molecule has 0 radical (unpaired) electrons. The minimum absolute atomic E-state index is 0.290. The van der Waals surface area contributed by atoms with Crippen LogP contribution in [0, 0.1) is 23.3 Å². The SMILES string of the molecule is Fc1cc(-c2ccccc2)c(F)c(F)c1F.OB(O)O. The first kappa shape index (κ1) is 16.2. The van der Waals surface area contributed by atoms with E-state index in [1.54, 1.807) is 18.2 Å². The third-order valence-electron chi connectivity index (χ3n) is 2.19. The Hall–Kier alpha value is -1.90. The number of rotatable bonds is 1. The minimum Gasteiger partial charge on any atom is -0.402 e. The van der Waals surface area contributed by atoms with Gasteiger partial charge < -0.3 is 15.1 Å². The highest BCUT2D eigenvalue weighted by molar-refractivity contribution is 6.30. The third-order valence-corrected chi connectivity index (χ3v) is 2.19. The van der Waals surface area contributed by atoms with Crippen LogP contribution in [0.3, 0.4) is 0 Å². The molecular formula is C12H9BF4O3. The van der Waals surface area contributed by atoms with E-state index >= 15 is 0 Å². The average molecular weight is 288 g/mol. The second-order valence-corrected chi connectivity index (χ2v) is 3.56. The van der Waals surface area contributed by atoms with Crippen molar-refractivity contribution in [2.75, 3.05) is 0 Å². The van der Waals surface area contributed by atoms with Gasteiger partial charge in [-0.1, -0.05) is 30.3 Å².